The van der Waals surface area contributed by atoms with Crippen molar-refractivity contribution >= 4 is 33.1 Å². The predicted molar refractivity (Wildman–Crippen MR) is 153 cm³/mol. The maximum absolute atomic E-state index is 13.8. The van der Waals surface area contributed by atoms with Crippen LogP contribution in [0.3, 0.4) is 0 Å². The molecule has 0 unspecified atom stereocenters. The Morgan fingerprint density at radius 2 is 1.88 bits per heavy atom. The molecule has 0 saturated carbocycles. The van der Waals surface area contributed by atoms with E-state index in [4.69, 9.17) is 4.74 Å². The minimum absolute atomic E-state index is 0.0926. The van der Waals surface area contributed by atoms with Gasteiger partial charge in [0.2, 0.25) is 10.0 Å². The Hall–Kier alpha value is -3.59. The third kappa shape index (κ3) is 5.98. The second-order valence-corrected chi connectivity index (χ2v) is 12.6. The van der Waals surface area contributed by atoms with Crippen LogP contribution in [0.25, 0.3) is 0 Å². The Morgan fingerprint density at radius 3 is 2.62 bits per heavy atom. The number of anilines is 3. The van der Waals surface area contributed by atoms with Crippen LogP contribution < -0.4 is 20.9 Å². The van der Waals surface area contributed by atoms with E-state index in [1.54, 1.807) is 6.07 Å². The molecule has 42 heavy (non-hydrogen) atoms. The van der Waals surface area contributed by atoms with E-state index in [2.05, 4.69) is 31.0 Å². The molecule has 1 amide bonds. The normalized spacial score (nSPS) is 19.5. The van der Waals surface area contributed by atoms with E-state index < -0.39 is 32.5 Å². The maximum atomic E-state index is 13.8. The third-order valence-corrected chi connectivity index (χ3v) is 9.75. The molecule has 3 aliphatic heterocycles. The summed E-state index contributed by atoms with van der Waals surface area (Å²) in [6, 6.07) is 8.18. The maximum Gasteiger partial charge on any atom is 0.258 e. The van der Waals surface area contributed by atoms with Crippen LogP contribution in [0.4, 0.5) is 26.0 Å². The second-order valence-electron chi connectivity index (χ2n) is 10.7. The van der Waals surface area contributed by atoms with Crippen molar-refractivity contribution in [2.75, 3.05) is 61.5 Å². The van der Waals surface area contributed by atoms with Crippen LogP contribution in [0.15, 0.2) is 41.3 Å². The number of amides is 1. The summed E-state index contributed by atoms with van der Waals surface area (Å²) in [5.41, 5.74) is 3.30. The van der Waals surface area contributed by atoms with Crippen molar-refractivity contribution in [3.05, 3.63) is 64.9 Å². The molecule has 14 heteroatoms. The number of nitrogens with zero attached hydrogens (tertiary/aromatic N) is 3. The number of sulfonamides is 1. The van der Waals surface area contributed by atoms with Gasteiger partial charge in [-0.15, -0.1) is 0 Å². The predicted octanol–water partition coefficient (Wildman–Crippen LogP) is 2.69. The fraction of sp³-hybridized carbons (Fsp3) is 0.429. The van der Waals surface area contributed by atoms with Crippen molar-refractivity contribution in [2.24, 2.45) is 0 Å². The lowest BCUT2D eigenvalue weighted by atomic mass is 10.1. The minimum atomic E-state index is -4.19. The van der Waals surface area contributed by atoms with Gasteiger partial charge in [-0.2, -0.15) is 9.40 Å². The van der Waals surface area contributed by atoms with E-state index in [9.17, 15) is 22.0 Å². The summed E-state index contributed by atoms with van der Waals surface area (Å²) in [5, 5.41) is 16.9. The Kier molecular flexibility index (Phi) is 8.12. The topological polar surface area (TPSA) is 132 Å². The van der Waals surface area contributed by atoms with Crippen LogP contribution in [0.1, 0.15) is 34.5 Å². The molecule has 1 atom stereocenters. The number of nitrogens with one attached hydrogen (secondary N) is 4. The molecule has 2 fully saturated rings. The average molecular weight is 602 g/mol. The van der Waals surface area contributed by atoms with E-state index in [1.807, 2.05) is 12.1 Å². The molecule has 1 aromatic heterocycles. The highest BCUT2D eigenvalue weighted by Gasteiger charge is 2.32. The first-order valence-corrected chi connectivity index (χ1v) is 15.5. The molecule has 224 valence electrons. The molecule has 0 radical (unpaired) electrons. The van der Waals surface area contributed by atoms with Crippen LogP contribution in [-0.2, 0) is 27.7 Å². The number of carbonyl (C=O) groups excluding carboxylic acids is 1. The van der Waals surface area contributed by atoms with E-state index >= 15 is 0 Å². The van der Waals surface area contributed by atoms with Crippen LogP contribution in [0, 0.1) is 11.6 Å². The van der Waals surface area contributed by atoms with Gasteiger partial charge in [0.1, 0.15) is 11.6 Å². The highest BCUT2D eigenvalue weighted by atomic mass is 32.2. The number of hydrogen-bond acceptors (Lipinski definition) is 8. The number of ether oxygens (including phenoxy) is 1. The van der Waals surface area contributed by atoms with Crippen LogP contribution in [0.5, 0.6) is 0 Å². The van der Waals surface area contributed by atoms with Crippen molar-refractivity contribution in [2.45, 2.75) is 36.7 Å². The number of fused-ring (bicyclic) bond motifs is 1. The molecule has 3 aliphatic rings. The summed E-state index contributed by atoms with van der Waals surface area (Å²) >= 11 is 0. The standard InChI is InChI=1S/C28H33F2N7O4S/c29-18-12-19(30)14-22(13-18)42(39,40)37-7-5-25-24(17-37)27(35-34-25)33-28(38)23-4-3-21(36-8-10-41-11-9-36)15-26(23)32-16-20-2-1-6-31-20/h3-4,12-15,20,31-32H,1-2,5-11,16-17H2,(H2,33,34,35,38)/t20-/m0/s1. The molecule has 11 nitrogen and oxygen atoms in total. The molecule has 6 rings (SSSR count). The van der Waals surface area contributed by atoms with Crippen molar-refractivity contribution < 1.29 is 26.7 Å². The molecule has 0 bridgehead atoms. The average Bonchev–Trinajstić information content (AvgIpc) is 3.66. The van der Waals surface area contributed by atoms with Gasteiger partial charge >= 0.3 is 0 Å². The number of morpholine rings is 1. The van der Waals surface area contributed by atoms with E-state index in [0.717, 1.165) is 54.6 Å². The van der Waals surface area contributed by atoms with E-state index in [0.29, 0.717) is 60.8 Å². The van der Waals surface area contributed by atoms with E-state index in [1.165, 1.54) is 0 Å². The van der Waals surface area contributed by atoms with Gasteiger partial charge in [0.25, 0.3) is 5.91 Å². The number of hydrogen-bond donors (Lipinski definition) is 4. The first-order chi connectivity index (χ1) is 20.3. The summed E-state index contributed by atoms with van der Waals surface area (Å²) in [6.45, 7) is 4.42. The number of aromatic amines is 1. The molecule has 0 spiro atoms. The zero-order chi connectivity index (χ0) is 29.3. The summed E-state index contributed by atoms with van der Waals surface area (Å²) in [4.78, 5) is 15.4. The van der Waals surface area contributed by atoms with Crippen molar-refractivity contribution in [1.82, 2.24) is 19.8 Å². The Morgan fingerprint density at radius 1 is 1.10 bits per heavy atom. The van der Waals surface area contributed by atoms with Crippen molar-refractivity contribution in [3.8, 4) is 0 Å². The minimum Gasteiger partial charge on any atom is -0.383 e. The smallest absolute Gasteiger partial charge is 0.258 e. The van der Waals surface area contributed by atoms with Gasteiger partial charge in [0, 0.05) is 73.9 Å². The van der Waals surface area contributed by atoms with Gasteiger partial charge in [-0.3, -0.25) is 9.89 Å². The van der Waals surface area contributed by atoms with Crippen LogP contribution >= 0.6 is 0 Å². The molecule has 2 saturated heterocycles. The number of benzene rings is 2. The fourth-order valence-electron chi connectivity index (χ4n) is 5.64. The number of rotatable bonds is 8. The van der Waals surface area contributed by atoms with E-state index in [-0.39, 0.29) is 18.9 Å². The highest BCUT2D eigenvalue weighted by molar-refractivity contribution is 7.89. The second kappa shape index (κ2) is 12.0. The van der Waals surface area contributed by atoms with Gasteiger partial charge < -0.3 is 25.6 Å². The van der Waals surface area contributed by atoms with Gasteiger partial charge in [-0.1, -0.05) is 0 Å². The Bertz CT molecular complexity index is 1550. The van der Waals surface area contributed by atoms with Crippen molar-refractivity contribution in [3.63, 3.8) is 0 Å². The third-order valence-electron chi connectivity index (χ3n) is 7.93. The molecule has 2 aromatic carbocycles. The molecule has 0 aliphatic carbocycles. The molecular weight excluding hydrogens is 568 g/mol. The summed E-state index contributed by atoms with van der Waals surface area (Å²) in [7, 11) is -4.19. The Balaban J connectivity index is 1.23. The van der Waals surface area contributed by atoms with Crippen LogP contribution in [-0.4, -0.2) is 80.8 Å². The van der Waals surface area contributed by atoms with Gasteiger partial charge in [-0.05, 0) is 49.7 Å². The quantitative estimate of drug-likeness (QED) is 0.310. The zero-order valence-corrected chi connectivity index (χ0v) is 23.8. The Labute approximate surface area is 242 Å². The SMILES string of the molecule is O=C(Nc1n[nH]c2c1CN(S(=O)(=O)c1cc(F)cc(F)c1)CC2)c1ccc(N2CCOCC2)cc1NC[C@@H]1CCCN1. The van der Waals surface area contributed by atoms with Gasteiger partial charge in [0.15, 0.2) is 5.82 Å². The summed E-state index contributed by atoms with van der Waals surface area (Å²) < 4.78 is 60.6. The zero-order valence-electron chi connectivity index (χ0n) is 23.0. The molecular formula is C28H33F2N7O4S. The number of H-pyrrole nitrogens is 1. The molecule has 4 heterocycles. The molecule has 3 aromatic rings. The van der Waals surface area contributed by atoms with Crippen LogP contribution in [0.2, 0.25) is 0 Å². The number of halogens is 2. The largest absolute Gasteiger partial charge is 0.383 e. The first-order valence-electron chi connectivity index (χ1n) is 14.1. The van der Waals surface area contributed by atoms with Crippen molar-refractivity contribution in [1.29, 1.82) is 0 Å². The summed E-state index contributed by atoms with van der Waals surface area (Å²) in [6.07, 6.45) is 2.46. The first kappa shape index (κ1) is 28.5. The van der Waals surface area contributed by atoms with Gasteiger partial charge in [-0.25, -0.2) is 17.2 Å². The highest BCUT2D eigenvalue weighted by Crippen LogP contribution is 2.30. The lowest BCUT2D eigenvalue weighted by molar-refractivity contribution is 0.102. The van der Waals surface area contributed by atoms with Gasteiger partial charge in [0.05, 0.1) is 23.7 Å². The summed E-state index contributed by atoms with van der Waals surface area (Å²) in [5.74, 6) is -2.14. The number of carbonyl (C=O) groups is 1. The molecule has 4 N–H and O–H groups in total. The lowest BCUT2D eigenvalue weighted by Crippen LogP contribution is -2.36. The lowest BCUT2D eigenvalue weighted by Gasteiger charge is -2.29. The monoisotopic (exact) mass is 601 g/mol. The fourth-order valence-corrected chi connectivity index (χ4v) is 7.09. The number of aromatic nitrogens is 2.